The predicted octanol–water partition coefficient (Wildman–Crippen LogP) is 3.33. The summed E-state index contributed by atoms with van der Waals surface area (Å²) in [7, 11) is 1.25. The topological polar surface area (TPSA) is 51.2 Å². The molecule has 1 heterocycles. The lowest BCUT2D eigenvalue weighted by Crippen LogP contribution is -2.04. The molecular weight excluding hydrogens is 291 g/mol. The van der Waals surface area contributed by atoms with Crippen molar-refractivity contribution < 1.29 is 13.9 Å². The maximum atomic E-state index is 13.7. The molecule has 19 heavy (non-hydrogen) atoms. The normalized spacial score (nSPS) is 10.3. The molecule has 0 aliphatic heterocycles. The first-order valence-corrected chi connectivity index (χ1v) is 6.51. The molecule has 0 spiro atoms. The molecular formula is C12H10ClFN2O2S. The van der Waals surface area contributed by atoms with Gasteiger partial charge in [-0.2, -0.15) is 0 Å². The Labute approximate surface area is 118 Å². The summed E-state index contributed by atoms with van der Waals surface area (Å²) in [5, 5.41) is 2.91. The third kappa shape index (κ3) is 3.42. The lowest BCUT2D eigenvalue weighted by atomic mass is 10.2. The van der Waals surface area contributed by atoms with Crippen LogP contribution in [0.15, 0.2) is 24.4 Å². The number of rotatable bonds is 4. The first kappa shape index (κ1) is 13.8. The van der Waals surface area contributed by atoms with E-state index in [9.17, 15) is 9.18 Å². The second-order valence-electron chi connectivity index (χ2n) is 3.62. The Bertz CT molecular complexity index is 603. The van der Waals surface area contributed by atoms with E-state index in [0.717, 1.165) is 10.9 Å². The number of aromatic nitrogens is 1. The highest BCUT2D eigenvalue weighted by Gasteiger charge is 2.10. The monoisotopic (exact) mass is 300 g/mol. The molecule has 2 rings (SSSR count). The van der Waals surface area contributed by atoms with Gasteiger partial charge >= 0.3 is 5.97 Å². The number of esters is 1. The van der Waals surface area contributed by atoms with E-state index in [1.54, 1.807) is 6.20 Å². The fourth-order valence-electron chi connectivity index (χ4n) is 1.45. The van der Waals surface area contributed by atoms with Crippen LogP contribution in [0.1, 0.15) is 15.2 Å². The number of carbonyl (C=O) groups excluding carboxylic acids is 1. The van der Waals surface area contributed by atoms with Crippen molar-refractivity contribution in [1.29, 1.82) is 0 Å². The van der Waals surface area contributed by atoms with Gasteiger partial charge in [0.15, 0.2) is 4.47 Å². The van der Waals surface area contributed by atoms with Crippen LogP contribution < -0.4 is 5.32 Å². The summed E-state index contributed by atoms with van der Waals surface area (Å²) in [5.74, 6) is -1.08. The Hall–Kier alpha value is -1.66. The van der Waals surface area contributed by atoms with Crippen LogP contribution in [0, 0.1) is 5.82 Å². The standard InChI is InChI=1S/C12H10ClFN2O2S/c1-18-11(17)7-2-3-10(9(14)4-7)15-5-8-6-16-12(13)19-8/h2-4,6,15H,5H2,1H3. The molecule has 1 aromatic carbocycles. The highest BCUT2D eigenvalue weighted by atomic mass is 35.5. The molecule has 0 atom stereocenters. The van der Waals surface area contributed by atoms with E-state index in [1.807, 2.05) is 0 Å². The molecule has 0 radical (unpaired) electrons. The summed E-state index contributed by atoms with van der Waals surface area (Å²) in [6.07, 6.45) is 1.63. The SMILES string of the molecule is COC(=O)c1ccc(NCc2cnc(Cl)s2)c(F)c1. The smallest absolute Gasteiger partial charge is 0.337 e. The van der Waals surface area contributed by atoms with Crippen LogP contribution in [0.4, 0.5) is 10.1 Å². The number of thiazole rings is 1. The molecule has 1 aromatic heterocycles. The Morgan fingerprint density at radius 1 is 1.58 bits per heavy atom. The van der Waals surface area contributed by atoms with Gasteiger partial charge in [-0.3, -0.25) is 0 Å². The summed E-state index contributed by atoms with van der Waals surface area (Å²) in [6, 6.07) is 4.12. The Kier molecular flexibility index (Phi) is 4.34. The summed E-state index contributed by atoms with van der Waals surface area (Å²) >= 11 is 7.02. The van der Waals surface area contributed by atoms with E-state index in [2.05, 4.69) is 15.0 Å². The summed E-state index contributed by atoms with van der Waals surface area (Å²) < 4.78 is 18.7. The summed E-state index contributed by atoms with van der Waals surface area (Å²) in [5.41, 5.74) is 0.476. The molecule has 1 N–H and O–H groups in total. The fraction of sp³-hybridized carbons (Fsp3) is 0.167. The van der Waals surface area contributed by atoms with Crippen molar-refractivity contribution in [2.75, 3.05) is 12.4 Å². The summed E-state index contributed by atoms with van der Waals surface area (Å²) in [6.45, 7) is 0.416. The van der Waals surface area contributed by atoms with Gasteiger partial charge in [0.1, 0.15) is 5.82 Å². The molecule has 2 aromatic rings. The number of carbonyl (C=O) groups is 1. The lowest BCUT2D eigenvalue weighted by Gasteiger charge is -2.07. The van der Waals surface area contributed by atoms with Crippen LogP contribution in [-0.2, 0) is 11.3 Å². The molecule has 0 saturated carbocycles. The van der Waals surface area contributed by atoms with Crippen molar-refractivity contribution in [3.63, 3.8) is 0 Å². The third-order valence-corrected chi connectivity index (χ3v) is 3.48. The molecule has 0 aliphatic carbocycles. The number of methoxy groups -OCH3 is 1. The molecule has 0 amide bonds. The van der Waals surface area contributed by atoms with Gasteiger partial charge in [0.2, 0.25) is 0 Å². The number of halogens is 2. The number of nitrogens with zero attached hydrogens (tertiary/aromatic N) is 1. The van der Waals surface area contributed by atoms with Gasteiger partial charge < -0.3 is 10.1 Å². The van der Waals surface area contributed by atoms with Gasteiger partial charge in [-0.05, 0) is 18.2 Å². The minimum absolute atomic E-state index is 0.173. The van der Waals surface area contributed by atoms with Crippen molar-refractivity contribution in [3.05, 3.63) is 45.1 Å². The van der Waals surface area contributed by atoms with E-state index >= 15 is 0 Å². The molecule has 0 saturated heterocycles. The van der Waals surface area contributed by atoms with Crippen LogP contribution in [0.3, 0.4) is 0 Å². The second-order valence-corrected chi connectivity index (χ2v) is 5.32. The van der Waals surface area contributed by atoms with Crippen LogP contribution in [-0.4, -0.2) is 18.1 Å². The van der Waals surface area contributed by atoms with Gasteiger partial charge in [0, 0.05) is 11.1 Å². The molecule has 0 aliphatic rings. The average molecular weight is 301 g/mol. The Balaban J connectivity index is 2.07. The zero-order chi connectivity index (χ0) is 13.8. The molecule has 0 bridgehead atoms. The van der Waals surface area contributed by atoms with Crippen molar-refractivity contribution in [3.8, 4) is 0 Å². The van der Waals surface area contributed by atoms with E-state index in [1.165, 1.54) is 30.6 Å². The van der Waals surface area contributed by atoms with Gasteiger partial charge in [0.05, 0.1) is 24.9 Å². The fourth-order valence-corrected chi connectivity index (χ4v) is 2.37. The number of hydrogen-bond donors (Lipinski definition) is 1. The Morgan fingerprint density at radius 3 is 2.95 bits per heavy atom. The predicted molar refractivity (Wildman–Crippen MR) is 72.2 cm³/mol. The highest BCUT2D eigenvalue weighted by Crippen LogP contribution is 2.21. The molecule has 100 valence electrons. The van der Waals surface area contributed by atoms with Crippen molar-refractivity contribution in [1.82, 2.24) is 4.98 Å². The van der Waals surface area contributed by atoms with Crippen molar-refractivity contribution in [2.45, 2.75) is 6.54 Å². The maximum absolute atomic E-state index is 13.7. The lowest BCUT2D eigenvalue weighted by molar-refractivity contribution is 0.0600. The molecule has 7 heteroatoms. The van der Waals surface area contributed by atoms with Crippen LogP contribution in [0.5, 0.6) is 0 Å². The van der Waals surface area contributed by atoms with E-state index in [-0.39, 0.29) is 5.56 Å². The zero-order valence-electron chi connectivity index (χ0n) is 9.94. The molecule has 4 nitrogen and oxygen atoms in total. The maximum Gasteiger partial charge on any atom is 0.337 e. The quantitative estimate of drug-likeness (QED) is 0.880. The molecule has 0 fully saturated rings. The Morgan fingerprint density at radius 2 is 2.37 bits per heavy atom. The first-order valence-electron chi connectivity index (χ1n) is 5.32. The van der Waals surface area contributed by atoms with E-state index in [0.29, 0.717) is 16.7 Å². The van der Waals surface area contributed by atoms with E-state index < -0.39 is 11.8 Å². The largest absolute Gasteiger partial charge is 0.465 e. The van der Waals surface area contributed by atoms with E-state index in [4.69, 9.17) is 11.6 Å². The minimum Gasteiger partial charge on any atom is -0.465 e. The average Bonchev–Trinajstić information content (AvgIpc) is 2.82. The number of nitrogens with one attached hydrogen (secondary N) is 1. The second kappa shape index (κ2) is 5.99. The first-order chi connectivity index (χ1) is 9.10. The van der Waals surface area contributed by atoms with Crippen LogP contribution in [0.25, 0.3) is 0 Å². The van der Waals surface area contributed by atoms with Crippen molar-refractivity contribution in [2.24, 2.45) is 0 Å². The molecule has 0 unspecified atom stereocenters. The van der Waals surface area contributed by atoms with Crippen molar-refractivity contribution >= 4 is 34.6 Å². The van der Waals surface area contributed by atoms with Crippen LogP contribution in [0.2, 0.25) is 4.47 Å². The number of anilines is 1. The number of hydrogen-bond acceptors (Lipinski definition) is 5. The van der Waals surface area contributed by atoms with Gasteiger partial charge in [0.25, 0.3) is 0 Å². The zero-order valence-corrected chi connectivity index (χ0v) is 11.5. The summed E-state index contributed by atoms with van der Waals surface area (Å²) in [4.78, 5) is 16.0. The van der Waals surface area contributed by atoms with Crippen LogP contribution >= 0.6 is 22.9 Å². The van der Waals surface area contributed by atoms with Gasteiger partial charge in [-0.15, -0.1) is 11.3 Å². The number of benzene rings is 1. The van der Waals surface area contributed by atoms with Gasteiger partial charge in [-0.1, -0.05) is 11.6 Å². The minimum atomic E-state index is -0.570. The third-order valence-electron chi connectivity index (χ3n) is 2.37. The highest BCUT2D eigenvalue weighted by molar-refractivity contribution is 7.15. The number of ether oxygens (including phenoxy) is 1. The van der Waals surface area contributed by atoms with Gasteiger partial charge in [-0.25, -0.2) is 14.2 Å².